The first kappa shape index (κ1) is 12.0. The van der Waals surface area contributed by atoms with Gasteiger partial charge >= 0.3 is 5.69 Å². The summed E-state index contributed by atoms with van der Waals surface area (Å²) in [5.74, 6) is 0.0418. The Morgan fingerprint density at radius 2 is 2.16 bits per heavy atom. The van der Waals surface area contributed by atoms with Crippen LogP contribution in [-0.2, 0) is 11.3 Å². The molecule has 1 aromatic heterocycles. The minimum absolute atomic E-state index is 0.0418. The molecule has 0 spiro atoms. The Morgan fingerprint density at radius 1 is 1.32 bits per heavy atom. The van der Waals surface area contributed by atoms with Gasteiger partial charge in [-0.3, -0.25) is 4.79 Å². The number of H-pyrrole nitrogens is 2. The maximum atomic E-state index is 11.8. The highest BCUT2D eigenvalue weighted by molar-refractivity contribution is 5.82. The fourth-order valence-corrected chi connectivity index (χ4v) is 2.41. The molecule has 0 aliphatic carbocycles. The molecule has 6 nitrogen and oxygen atoms in total. The van der Waals surface area contributed by atoms with E-state index in [9.17, 15) is 9.59 Å². The summed E-state index contributed by atoms with van der Waals surface area (Å²) in [6, 6.07) is 5.54. The van der Waals surface area contributed by atoms with Gasteiger partial charge in [0.15, 0.2) is 0 Å². The molecule has 0 bridgehead atoms. The van der Waals surface area contributed by atoms with Crippen LogP contribution in [0.4, 0.5) is 0 Å². The summed E-state index contributed by atoms with van der Waals surface area (Å²) in [6.45, 7) is 1.38. The zero-order valence-corrected chi connectivity index (χ0v) is 10.5. The van der Waals surface area contributed by atoms with Crippen molar-refractivity contribution in [3.63, 3.8) is 0 Å². The highest BCUT2D eigenvalue weighted by Crippen LogP contribution is 2.10. The van der Waals surface area contributed by atoms with Crippen molar-refractivity contribution in [2.24, 2.45) is 0 Å². The number of carbonyl (C=O) groups excluding carboxylic acids is 1. The SMILES string of the molecule is O=C(NCc1ccc2[nH]c(=O)[nH]c2c1)C1CCCN1. The molecule has 1 amide bonds. The van der Waals surface area contributed by atoms with E-state index < -0.39 is 0 Å². The Hall–Kier alpha value is -2.08. The molecule has 1 aliphatic rings. The maximum absolute atomic E-state index is 11.8. The molecule has 3 rings (SSSR count). The standard InChI is InChI=1S/C13H16N4O2/c18-12(10-2-1-5-14-10)15-7-8-3-4-9-11(6-8)17-13(19)16-9/h3-4,6,10,14H,1-2,5,7H2,(H,15,18)(H2,16,17,19). The second kappa shape index (κ2) is 4.89. The van der Waals surface area contributed by atoms with Gasteiger partial charge in [-0.15, -0.1) is 0 Å². The van der Waals surface area contributed by atoms with Gasteiger partial charge in [0.05, 0.1) is 17.1 Å². The van der Waals surface area contributed by atoms with E-state index in [1.807, 2.05) is 18.2 Å². The summed E-state index contributed by atoms with van der Waals surface area (Å²) in [4.78, 5) is 28.4. The molecule has 0 saturated carbocycles. The molecule has 6 heteroatoms. The molecule has 100 valence electrons. The van der Waals surface area contributed by atoms with E-state index in [1.165, 1.54) is 0 Å². The molecular weight excluding hydrogens is 244 g/mol. The number of aromatic nitrogens is 2. The van der Waals surface area contributed by atoms with E-state index in [4.69, 9.17) is 0 Å². The number of benzene rings is 1. The van der Waals surface area contributed by atoms with E-state index in [0.717, 1.165) is 36.0 Å². The Balaban J connectivity index is 1.67. The number of fused-ring (bicyclic) bond motifs is 1. The summed E-state index contributed by atoms with van der Waals surface area (Å²) in [6.07, 6.45) is 1.95. The molecule has 4 N–H and O–H groups in total. The average molecular weight is 260 g/mol. The van der Waals surface area contributed by atoms with Gasteiger partial charge in [0.25, 0.3) is 0 Å². The Labute approximate surface area is 109 Å². The summed E-state index contributed by atoms with van der Waals surface area (Å²) < 4.78 is 0. The van der Waals surface area contributed by atoms with Crippen molar-refractivity contribution >= 4 is 16.9 Å². The van der Waals surface area contributed by atoms with Crippen LogP contribution in [0.3, 0.4) is 0 Å². The van der Waals surface area contributed by atoms with Crippen molar-refractivity contribution in [3.8, 4) is 0 Å². The molecule has 1 unspecified atom stereocenters. The summed E-state index contributed by atoms with van der Waals surface area (Å²) in [5.41, 5.74) is 2.29. The van der Waals surface area contributed by atoms with Gasteiger partial charge in [0.1, 0.15) is 0 Å². The first-order chi connectivity index (χ1) is 9.22. The smallest absolute Gasteiger partial charge is 0.323 e. The molecule has 1 aliphatic heterocycles. The number of hydrogen-bond acceptors (Lipinski definition) is 3. The monoisotopic (exact) mass is 260 g/mol. The first-order valence-corrected chi connectivity index (χ1v) is 6.44. The van der Waals surface area contributed by atoms with Crippen molar-refractivity contribution in [2.75, 3.05) is 6.54 Å². The quantitative estimate of drug-likeness (QED) is 0.636. The van der Waals surface area contributed by atoms with E-state index in [2.05, 4.69) is 20.6 Å². The average Bonchev–Trinajstić information content (AvgIpc) is 3.03. The van der Waals surface area contributed by atoms with Crippen molar-refractivity contribution in [1.82, 2.24) is 20.6 Å². The fraction of sp³-hybridized carbons (Fsp3) is 0.385. The Bertz CT molecular complexity index is 652. The third-order valence-electron chi connectivity index (χ3n) is 3.42. The zero-order valence-electron chi connectivity index (χ0n) is 10.5. The van der Waals surface area contributed by atoms with Crippen molar-refractivity contribution in [3.05, 3.63) is 34.2 Å². The van der Waals surface area contributed by atoms with Crippen LogP contribution in [0.1, 0.15) is 18.4 Å². The Kier molecular flexibility index (Phi) is 3.08. The first-order valence-electron chi connectivity index (χ1n) is 6.44. The predicted molar refractivity (Wildman–Crippen MR) is 71.8 cm³/mol. The lowest BCUT2D eigenvalue weighted by Gasteiger charge is -2.11. The topological polar surface area (TPSA) is 89.8 Å². The normalized spacial score (nSPS) is 18.8. The van der Waals surface area contributed by atoms with Crippen LogP contribution in [0.25, 0.3) is 11.0 Å². The van der Waals surface area contributed by atoms with Crippen molar-refractivity contribution in [1.29, 1.82) is 0 Å². The van der Waals surface area contributed by atoms with Gasteiger partial charge < -0.3 is 20.6 Å². The molecule has 1 atom stereocenters. The minimum Gasteiger partial charge on any atom is -0.351 e. The van der Waals surface area contributed by atoms with E-state index >= 15 is 0 Å². The fourth-order valence-electron chi connectivity index (χ4n) is 2.41. The third kappa shape index (κ3) is 2.53. The number of amides is 1. The van der Waals surface area contributed by atoms with Gasteiger partial charge in [-0.05, 0) is 37.1 Å². The number of aromatic amines is 2. The number of nitrogens with one attached hydrogen (secondary N) is 4. The molecule has 1 fully saturated rings. The van der Waals surface area contributed by atoms with Crippen LogP contribution in [0.5, 0.6) is 0 Å². The second-order valence-corrected chi connectivity index (χ2v) is 4.83. The van der Waals surface area contributed by atoms with Crippen molar-refractivity contribution < 1.29 is 4.79 Å². The molecular formula is C13H16N4O2. The summed E-state index contributed by atoms with van der Waals surface area (Å²) in [7, 11) is 0. The summed E-state index contributed by atoms with van der Waals surface area (Å²) in [5, 5.41) is 6.07. The van der Waals surface area contributed by atoms with E-state index in [0.29, 0.717) is 6.54 Å². The highest BCUT2D eigenvalue weighted by Gasteiger charge is 2.21. The summed E-state index contributed by atoms with van der Waals surface area (Å²) >= 11 is 0. The lowest BCUT2D eigenvalue weighted by Crippen LogP contribution is -2.39. The van der Waals surface area contributed by atoms with Crippen LogP contribution in [0.15, 0.2) is 23.0 Å². The number of rotatable bonds is 3. The number of imidazole rings is 1. The van der Waals surface area contributed by atoms with Crippen LogP contribution in [0, 0.1) is 0 Å². The lowest BCUT2D eigenvalue weighted by atomic mass is 10.2. The van der Waals surface area contributed by atoms with Crippen LogP contribution < -0.4 is 16.3 Å². The van der Waals surface area contributed by atoms with Gasteiger partial charge in [-0.1, -0.05) is 6.07 Å². The van der Waals surface area contributed by atoms with E-state index in [-0.39, 0.29) is 17.6 Å². The van der Waals surface area contributed by atoms with Gasteiger partial charge in [-0.2, -0.15) is 0 Å². The maximum Gasteiger partial charge on any atom is 0.323 e. The number of carbonyl (C=O) groups is 1. The number of hydrogen-bond donors (Lipinski definition) is 4. The largest absolute Gasteiger partial charge is 0.351 e. The molecule has 1 aromatic carbocycles. The minimum atomic E-state index is -0.216. The zero-order chi connectivity index (χ0) is 13.2. The Morgan fingerprint density at radius 3 is 2.95 bits per heavy atom. The molecule has 2 aromatic rings. The van der Waals surface area contributed by atoms with Gasteiger partial charge in [0, 0.05) is 6.54 Å². The predicted octanol–water partition coefficient (Wildman–Crippen LogP) is 0.224. The van der Waals surface area contributed by atoms with Gasteiger partial charge in [0.2, 0.25) is 5.91 Å². The molecule has 0 radical (unpaired) electrons. The molecule has 1 saturated heterocycles. The van der Waals surface area contributed by atoms with E-state index in [1.54, 1.807) is 0 Å². The third-order valence-corrected chi connectivity index (χ3v) is 3.42. The van der Waals surface area contributed by atoms with Crippen LogP contribution >= 0.6 is 0 Å². The molecule has 2 heterocycles. The second-order valence-electron chi connectivity index (χ2n) is 4.83. The van der Waals surface area contributed by atoms with Crippen molar-refractivity contribution in [2.45, 2.75) is 25.4 Å². The van der Waals surface area contributed by atoms with Gasteiger partial charge in [-0.25, -0.2) is 4.79 Å². The molecule has 19 heavy (non-hydrogen) atoms. The van der Waals surface area contributed by atoms with Crippen LogP contribution in [-0.4, -0.2) is 28.5 Å². The van der Waals surface area contributed by atoms with Crippen LogP contribution in [0.2, 0.25) is 0 Å². The highest BCUT2D eigenvalue weighted by atomic mass is 16.2. The lowest BCUT2D eigenvalue weighted by molar-refractivity contribution is -0.122.